The highest BCUT2D eigenvalue weighted by molar-refractivity contribution is 5.86. The van der Waals surface area contributed by atoms with Crippen molar-refractivity contribution in [2.75, 3.05) is 0 Å². The number of alkyl halides is 3. The number of carboxylic acids is 1. The van der Waals surface area contributed by atoms with E-state index in [0.29, 0.717) is 12.1 Å². The van der Waals surface area contributed by atoms with E-state index in [2.05, 4.69) is 10.3 Å². The van der Waals surface area contributed by atoms with E-state index in [1.165, 1.54) is 4.68 Å². The summed E-state index contributed by atoms with van der Waals surface area (Å²) in [6, 6.07) is 0. The van der Waals surface area contributed by atoms with Crippen LogP contribution in [-0.4, -0.2) is 32.2 Å². The summed E-state index contributed by atoms with van der Waals surface area (Å²) in [5.41, 5.74) is 0.199. The lowest BCUT2D eigenvalue weighted by atomic mass is 10.1. The van der Waals surface area contributed by atoms with Crippen molar-refractivity contribution in [3.63, 3.8) is 0 Å². The second-order valence-electron chi connectivity index (χ2n) is 4.73. The molecule has 0 aliphatic rings. The topological polar surface area (TPSA) is 68.0 Å². The SMILES string of the molecule is CC(C)Cc1c(C(=O)O)nnn1CCCC(F)(F)F. The van der Waals surface area contributed by atoms with Crippen LogP contribution in [0.1, 0.15) is 42.9 Å². The molecule has 0 radical (unpaired) electrons. The third kappa shape index (κ3) is 4.88. The molecule has 5 nitrogen and oxygen atoms in total. The summed E-state index contributed by atoms with van der Waals surface area (Å²) in [5.74, 6) is -1.05. The molecule has 1 aromatic heterocycles. The fourth-order valence-corrected chi connectivity index (χ4v) is 1.70. The van der Waals surface area contributed by atoms with Crippen LogP contribution in [0.2, 0.25) is 0 Å². The standard InChI is InChI=1S/C11H16F3N3O2/c1-7(2)6-8-9(10(18)19)15-16-17(8)5-3-4-11(12,13)14/h7H,3-6H2,1-2H3,(H,18,19). The van der Waals surface area contributed by atoms with E-state index < -0.39 is 18.6 Å². The Bertz CT molecular complexity index is 441. The van der Waals surface area contributed by atoms with Gasteiger partial charge in [-0.05, 0) is 18.8 Å². The molecule has 0 unspecified atom stereocenters. The maximum absolute atomic E-state index is 12.1. The number of aromatic carboxylic acids is 1. The molecule has 0 saturated carbocycles. The highest BCUT2D eigenvalue weighted by Gasteiger charge is 2.27. The van der Waals surface area contributed by atoms with Gasteiger partial charge in [0.05, 0.1) is 5.69 Å². The van der Waals surface area contributed by atoms with Crippen LogP contribution in [0.15, 0.2) is 0 Å². The fraction of sp³-hybridized carbons (Fsp3) is 0.727. The quantitative estimate of drug-likeness (QED) is 0.868. The maximum Gasteiger partial charge on any atom is 0.389 e. The first-order valence-electron chi connectivity index (χ1n) is 5.93. The van der Waals surface area contributed by atoms with Crippen molar-refractivity contribution in [2.45, 2.75) is 45.8 Å². The van der Waals surface area contributed by atoms with Gasteiger partial charge >= 0.3 is 12.1 Å². The molecule has 19 heavy (non-hydrogen) atoms. The van der Waals surface area contributed by atoms with Crippen LogP contribution in [0, 0.1) is 5.92 Å². The minimum absolute atomic E-state index is 0.0157. The van der Waals surface area contributed by atoms with E-state index in [1.54, 1.807) is 0 Å². The predicted molar refractivity (Wildman–Crippen MR) is 60.8 cm³/mol. The third-order valence-corrected chi connectivity index (χ3v) is 2.47. The summed E-state index contributed by atoms with van der Waals surface area (Å²) in [7, 11) is 0. The summed E-state index contributed by atoms with van der Waals surface area (Å²) < 4.78 is 37.4. The molecule has 0 fully saturated rings. The van der Waals surface area contributed by atoms with Gasteiger partial charge in [0, 0.05) is 13.0 Å². The number of carboxylic acid groups (broad SMARTS) is 1. The van der Waals surface area contributed by atoms with Gasteiger partial charge in [-0.2, -0.15) is 13.2 Å². The number of carbonyl (C=O) groups is 1. The monoisotopic (exact) mass is 279 g/mol. The summed E-state index contributed by atoms with van der Waals surface area (Å²) in [6.45, 7) is 3.79. The van der Waals surface area contributed by atoms with Crippen molar-refractivity contribution in [1.29, 1.82) is 0 Å². The lowest BCUT2D eigenvalue weighted by Crippen LogP contribution is -2.14. The number of rotatable bonds is 6. The van der Waals surface area contributed by atoms with Crippen molar-refractivity contribution in [3.8, 4) is 0 Å². The Kier molecular flexibility index (Phi) is 4.90. The van der Waals surface area contributed by atoms with Crippen LogP contribution in [-0.2, 0) is 13.0 Å². The Labute approximate surface area is 108 Å². The Hall–Kier alpha value is -1.60. The van der Waals surface area contributed by atoms with Gasteiger partial charge in [0.2, 0.25) is 0 Å². The van der Waals surface area contributed by atoms with Crippen LogP contribution in [0.25, 0.3) is 0 Å². The first-order valence-corrected chi connectivity index (χ1v) is 5.93. The highest BCUT2D eigenvalue weighted by atomic mass is 19.4. The molecule has 0 saturated heterocycles. The second kappa shape index (κ2) is 6.03. The Morgan fingerprint density at radius 2 is 2.05 bits per heavy atom. The number of hydrogen-bond acceptors (Lipinski definition) is 3. The molecular formula is C11H16F3N3O2. The normalized spacial score (nSPS) is 12.1. The number of nitrogens with zero attached hydrogens (tertiary/aromatic N) is 3. The lowest BCUT2D eigenvalue weighted by Gasteiger charge is -2.10. The van der Waals surface area contributed by atoms with Gasteiger partial charge in [-0.3, -0.25) is 0 Å². The van der Waals surface area contributed by atoms with E-state index in [-0.39, 0.29) is 24.6 Å². The van der Waals surface area contributed by atoms with Gasteiger partial charge in [0.25, 0.3) is 0 Å². The van der Waals surface area contributed by atoms with Crippen LogP contribution >= 0.6 is 0 Å². The zero-order valence-electron chi connectivity index (χ0n) is 10.7. The number of aromatic nitrogens is 3. The van der Waals surface area contributed by atoms with E-state index >= 15 is 0 Å². The van der Waals surface area contributed by atoms with Crippen LogP contribution in [0.4, 0.5) is 13.2 Å². The molecular weight excluding hydrogens is 263 g/mol. The molecule has 108 valence electrons. The fourth-order valence-electron chi connectivity index (χ4n) is 1.70. The minimum Gasteiger partial charge on any atom is -0.476 e. The summed E-state index contributed by atoms with van der Waals surface area (Å²) in [4.78, 5) is 11.0. The largest absolute Gasteiger partial charge is 0.476 e. The summed E-state index contributed by atoms with van der Waals surface area (Å²) in [5, 5.41) is 16.1. The molecule has 8 heteroatoms. The van der Waals surface area contributed by atoms with E-state index in [1.807, 2.05) is 13.8 Å². The van der Waals surface area contributed by atoms with Crippen molar-refractivity contribution in [2.24, 2.45) is 5.92 Å². The van der Waals surface area contributed by atoms with Gasteiger partial charge in [-0.25, -0.2) is 9.48 Å². The molecule has 0 bridgehead atoms. The van der Waals surface area contributed by atoms with E-state index in [0.717, 1.165) is 0 Å². The average Bonchev–Trinajstić information content (AvgIpc) is 2.59. The van der Waals surface area contributed by atoms with E-state index in [9.17, 15) is 18.0 Å². The zero-order valence-corrected chi connectivity index (χ0v) is 10.7. The smallest absolute Gasteiger partial charge is 0.389 e. The van der Waals surface area contributed by atoms with Gasteiger partial charge in [-0.15, -0.1) is 5.10 Å². The highest BCUT2D eigenvalue weighted by Crippen LogP contribution is 2.22. The number of halogens is 3. The third-order valence-electron chi connectivity index (χ3n) is 2.47. The average molecular weight is 279 g/mol. The van der Waals surface area contributed by atoms with E-state index in [4.69, 9.17) is 5.11 Å². The molecule has 1 aromatic rings. The Morgan fingerprint density at radius 1 is 1.42 bits per heavy atom. The van der Waals surface area contributed by atoms with Crippen LogP contribution in [0.3, 0.4) is 0 Å². The molecule has 0 aliphatic carbocycles. The summed E-state index contributed by atoms with van der Waals surface area (Å²) in [6.07, 6.45) is -4.86. The second-order valence-corrected chi connectivity index (χ2v) is 4.73. The van der Waals surface area contributed by atoms with Crippen LogP contribution in [0.5, 0.6) is 0 Å². The zero-order chi connectivity index (χ0) is 14.6. The molecule has 0 spiro atoms. The lowest BCUT2D eigenvalue weighted by molar-refractivity contribution is -0.136. The first kappa shape index (κ1) is 15.5. The molecule has 1 heterocycles. The van der Waals surface area contributed by atoms with Crippen molar-refractivity contribution >= 4 is 5.97 Å². The maximum atomic E-state index is 12.1. The number of aryl methyl sites for hydroxylation is 1. The molecule has 0 atom stereocenters. The van der Waals surface area contributed by atoms with Crippen LogP contribution < -0.4 is 0 Å². The Balaban J connectivity index is 2.79. The molecule has 1 N–H and O–H groups in total. The van der Waals surface area contributed by atoms with Gasteiger partial charge < -0.3 is 5.11 Å². The van der Waals surface area contributed by atoms with Crippen molar-refractivity contribution < 1.29 is 23.1 Å². The minimum atomic E-state index is -4.21. The van der Waals surface area contributed by atoms with Gasteiger partial charge in [0.15, 0.2) is 5.69 Å². The Morgan fingerprint density at radius 3 is 2.53 bits per heavy atom. The number of hydrogen-bond donors (Lipinski definition) is 1. The summed E-state index contributed by atoms with van der Waals surface area (Å²) >= 11 is 0. The van der Waals surface area contributed by atoms with Crippen molar-refractivity contribution in [3.05, 3.63) is 11.4 Å². The first-order chi connectivity index (χ1) is 8.70. The predicted octanol–water partition coefficient (Wildman–Crippen LogP) is 2.52. The molecule has 0 amide bonds. The molecule has 0 aromatic carbocycles. The van der Waals surface area contributed by atoms with Gasteiger partial charge in [0.1, 0.15) is 0 Å². The van der Waals surface area contributed by atoms with Gasteiger partial charge in [-0.1, -0.05) is 19.1 Å². The molecule has 1 rings (SSSR count). The van der Waals surface area contributed by atoms with Crippen molar-refractivity contribution in [1.82, 2.24) is 15.0 Å². The molecule has 0 aliphatic heterocycles.